The molecular weight excluding hydrogens is 308 g/mol. The van der Waals surface area contributed by atoms with Gasteiger partial charge in [-0.25, -0.2) is 0 Å². The first-order chi connectivity index (χ1) is 11.2. The summed E-state index contributed by atoms with van der Waals surface area (Å²) in [6, 6.07) is 16.7. The number of anilines is 1. The van der Waals surface area contributed by atoms with Gasteiger partial charge >= 0.3 is 0 Å². The van der Waals surface area contributed by atoms with Gasteiger partial charge in [-0.3, -0.25) is 5.43 Å². The molecule has 0 amide bonds. The first-order valence-corrected chi connectivity index (χ1v) is 7.45. The highest BCUT2D eigenvalue weighted by molar-refractivity contribution is 7.80. The van der Waals surface area contributed by atoms with E-state index in [9.17, 15) is 0 Å². The maximum absolute atomic E-state index is 8.74. The molecule has 0 saturated heterocycles. The Morgan fingerprint density at radius 3 is 2.52 bits per heavy atom. The van der Waals surface area contributed by atoms with Gasteiger partial charge in [0.15, 0.2) is 5.11 Å². The molecule has 2 aromatic carbocycles. The third kappa shape index (κ3) is 5.41. The minimum absolute atomic E-state index is 0.388. The van der Waals surface area contributed by atoms with E-state index in [1.807, 2.05) is 43.3 Å². The highest BCUT2D eigenvalue weighted by Crippen LogP contribution is 2.15. The lowest BCUT2D eigenvalue weighted by atomic mass is 10.2. The molecule has 0 bridgehead atoms. The van der Waals surface area contributed by atoms with Gasteiger partial charge in [0, 0.05) is 5.69 Å². The molecule has 2 N–H and O–H groups in total. The van der Waals surface area contributed by atoms with Crippen LogP contribution in [0.1, 0.15) is 18.1 Å². The molecule has 0 unspecified atom stereocenters. The summed E-state index contributed by atoms with van der Waals surface area (Å²) in [5, 5.41) is 16.2. The monoisotopic (exact) mass is 324 g/mol. The fourth-order valence-corrected chi connectivity index (χ4v) is 1.94. The zero-order valence-corrected chi connectivity index (χ0v) is 13.4. The van der Waals surface area contributed by atoms with Crippen molar-refractivity contribution < 1.29 is 4.74 Å². The molecule has 0 aliphatic carbocycles. The topological polar surface area (TPSA) is 69.4 Å². The van der Waals surface area contributed by atoms with Crippen molar-refractivity contribution in [3.63, 3.8) is 0 Å². The Bertz CT molecular complexity index is 718. The number of hydrazone groups is 1. The molecule has 2 aromatic rings. The minimum atomic E-state index is 0.388. The van der Waals surface area contributed by atoms with Crippen molar-refractivity contribution >= 4 is 29.2 Å². The first kappa shape index (κ1) is 16.5. The molecule has 0 heterocycles. The summed E-state index contributed by atoms with van der Waals surface area (Å²) in [5.74, 6) is 0.816. The summed E-state index contributed by atoms with van der Waals surface area (Å²) in [6.45, 7) is 2.58. The molecule has 0 aliphatic heterocycles. The summed E-state index contributed by atoms with van der Waals surface area (Å²) >= 11 is 5.16. The van der Waals surface area contributed by atoms with Crippen LogP contribution in [-0.2, 0) is 0 Å². The van der Waals surface area contributed by atoms with Crippen LogP contribution < -0.4 is 15.5 Å². The van der Waals surface area contributed by atoms with Crippen molar-refractivity contribution in [2.24, 2.45) is 5.10 Å². The Morgan fingerprint density at radius 1 is 1.22 bits per heavy atom. The Kier molecular flexibility index (Phi) is 6.09. The van der Waals surface area contributed by atoms with Crippen LogP contribution in [0.4, 0.5) is 5.69 Å². The fraction of sp³-hybridized carbons (Fsp3) is 0.118. The SMILES string of the molecule is CCOc1ccc(NC(=S)N/N=C\c2ccc(C#N)cc2)cc1. The lowest BCUT2D eigenvalue weighted by Crippen LogP contribution is -2.23. The van der Waals surface area contributed by atoms with Crippen LogP contribution in [0.15, 0.2) is 53.6 Å². The third-order valence-electron chi connectivity index (χ3n) is 2.84. The molecule has 2 rings (SSSR count). The van der Waals surface area contributed by atoms with Crippen molar-refractivity contribution in [2.75, 3.05) is 11.9 Å². The van der Waals surface area contributed by atoms with Crippen molar-refractivity contribution in [3.05, 3.63) is 59.7 Å². The highest BCUT2D eigenvalue weighted by Gasteiger charge is 1.97. The predicted molar refractivity (Wildman–Crippen MR) is 95.7 cm³/mol. The Labute approximate surface area is 140 Å². The van der Waals surface area contributed by atoms with E-state index in [0.717, 1.165) is 17.0 Å². The molecule has 0 saturated carbocycles. The number of benzene rings is 2. The largest absolute Gasteiger partial charge is 0.494 e. The molecular formula is C17H16N4OS. The number of nitrogens with one attached hydrogen (secondary N) is 2. The first-order valence-electron chi connectivity index (χ1n) is 7.04. The summed E-state index contributed by atoms with van der Waals surface area (Å²) in [7, 11) is 0. The smallest absolute Gasteiger partial charge is 0.191 e. The quantitative estimate of drug-likeness (QED) is 0.502. The maximum Gasteiger partial charge on any atom is 0.191 e. The van der Waals surface area contributed by atoms with E-state index < -0.39 is 0 Å². The lowest BCUT2D eigenvalue weighted by molar-refractivity contribution is 0.340. The Morgan fingerprint density at radius 2 is 1.91 bits per heavy atom. The summed E-state index contributed by atoms with van der Waals surface area (Å²) in [5.41, 5.74) is 5.08. The molecule has 0 aromatic heterocycles. The van der Waals surface area contributed by atoms with Crippen molar-refractivity contribution in [3.8, 4) is 11.8 Å². The van der Waals surface area contributed by atoms with Gasteiger partial charge in [0.1, 0.15) is 5.75 Å². The van der Waals surface area contributed by atoms with E-state index in [1.165, 1.54) is 0 Å². The van der Waals surface area contributed by atoms with Crippen molar-refractivity contribution in [2.45, 2.75) is 6.92 Å². The zero-order valence-electron chi connectivity index (χ0n) is 12.6. The van der Waals surface area contributed by atoms with E-state index >= 15 is 0 Å². The fourth-order valence-electron chi connectivity index (χ4n) is 1.77. The van der Waals surface area contributed by atoms with Gasteiger partial charge in [0.2, 0.25) is 0 Å². The molecule has 5 nitrogen and oxygen atoms in total. The molecule has 0 aliphatic rings. The molecule has 116 valence electrons. The number of ether oxygens (including phenoxy) is 1. The van der Waals surface area contributed by atoms with Gasteiger partial charge in [-0.15, -0.1) is 0 Å². The predicted octanol–water partition coefficient (Wildman–Crippen LogP) is 3.28. The second-order valence-corrected chi connectivity index (χ2v) is 4.92. The van der Waals surface area contributed by atoms with E-state index in [1.54, 1.807) is 18.3 Å². The normalized spacial score (nSPS) is 10.1. The molecule has 0 spiro atoms. The number of rotatable bonds is 5. The second-order valence-electron chi connectivity index (χ2n) is 4.52. The third-order valence-corrected chi connectivity index (χ3v) is 3.04. The molecule has 6 heteroatoms. The van der Waals surface area contributed by atoms with E-state index in [0.29, 0.717) is 17.3 Å². The van der Waals surface area contributed by atoms with E-state index in [-0.39, 0.29) is 0 Å². The van der Waals surface area contributed by atoms with E-state index in [4.69, 9.17) is 22.2 Å². The summed E-state index contributed by atoms with van der Waals surface area (Å²) in [6.07, 6.45) is 1.63. The van der Waals surface area contributed by atoms with Crippen LogP contribution in [0.25, 0.3) is 0 Å². The highest BCUT2D eigenvalue weighted by atomic mass is 32.1. The van der Waals surface area contributed by atoms with Crippen LogP contribution in [0.2, 0.25) is 0 Å². The van der Waals surface area contributed by atoms with Gasteiger partial charge < -0.3 is 10.1 Å². The van der Waals surface area contributed by atoms with Crippen LogP contribution in [0.3, 0.4) is 0 Å². The summed E-state index contributed by atoms with van der Waals surface area (Å²) < 4.78 is 5.38. The summed E-state index contributed by atoms with van der Waals surface area (Å²) in [4.78, 5) is 0. The molecule has 0 fully saturated rings. The van der Waals surface area contributed by atoms with Crippen LogP contribution in [0.5, 0.6) is 5.75 Å². The van der Waals surface area contributed by atoms with Crippen molar-refractivity contribution in [1.82, 2.24) is 5.43 Å². The van der Waals surface area contributed by atoms with Crippen LogP contribution >= 0.6 is 12.2 Å². The zero-order chi connectivity index (χ0) is 16.5. The van der Waals surface area contributed by atoms with Gasteiger partial charge in [0.25, 0.3) is 0 Å². The number of hydrogen-bond donors (Lipinski definition) is 2. The molecule has 0 radical (unpaired) electrons. The van der Waals surface area contributed by atoms with E-state index in [2.05, 4.69) is 21.9 Å². The average molecular weight is 324 g/mol. The Balaban J connectivity index is 1.84. The minimum Gasteiger partial charge on any atom is -0.494 e. The molecule has 0 atom stereocenters. The van der Waals surface area contributed by atoms with Crippen LogP contribution in [0, 0.1) is 11.3 Å². The average Bonchev–Trinajstić information content (AvgIpc) is 2.57. The molecule has 23 heavy (non-hydrogen) atoms. The number of nitriles is 1. The second kappa shape index (κ2) is 8.51. The van der Waals surface area contributed by atoms with Gasteiger partial charge in [-0.1, -0.05) is 12.1 Å². The van der Waals surface area contributed by atoms with Gasteiger partial charge in [-0.05, 0) is 61.1 Å². The number of hydrogen-bond acceptors (Lipinski definition) is 4. The number of nitrogens with zero attached hydrogens (tertiary/aromatic N) is 2. The van der Waals surface area contributed by atoms with Gasteiger partial charge in [0.05, 0.1) is 24.5 Å². The van der Waals surface area contributed by atoms with Gasteiger partial charge in [-0.2, -0.15) is 10.4 Å². The lowest BCUT2D eigenvalue weighted by Gasteiger charge is -2.08. The van der Waals surface area contributed by atoms with Crippen molar-refractivity contribution in [1.29, 1.82) is 5.26 Å². The number of thiocarbonyl (C=S) groups is 1. The standard InChI is InChI=1S/C17H16N4OS/c1-2-22-16-9-7-15(8-10-16)20-17(23)21-19-12-14-5-3-13(11-18)4-6-14/h3-10,12H,2H2,1H3,(H2,20,21,23)/b19-12-. The maximum atomic E-state index is 8.74. The Hall–Kier alpha value is -2.91. The van der Waals surface area contributed by atoms with Crippen LogP contribution in [-0.4, -0.2) is 17.9 Å².